The highest BCUT2D eigenvalue weighted by Crippen LogP contribution is 2.30. The minimum absolute atomic E-state index is 0.0124. The van der Waals surface area contributed by atoms with Crippen LogP contribution >= 0.6 is 22.9 Å². The monoisotopic (exact) mass is 292 g/mol. The molecule has 1 unspecified atom stereocenters. The summed E-state index contributed by atoms with van der Waals surface area (Å²) in [7, 11) is 0. The Morgan fingerprint density at radius 1 is 1.26 bits per heavy atom. The van der Waals surface area contributed by atoms with Gasteiger partial charge in [0, 0.05) is 22.2 Å². The van der Waals surface area contributed by atoms with Crippen molar-refractivity contribution in [2.45, 2.75) is 12.5 Å². The summed E-state index contributed by atoms with van der Waals surface area (Å²) in [6.45, 7) is 0. The van der Waals surface area contributed by atoms with Crippen molar-refractivity contribution in [3.63, 3.8) is 0 Å². The minimum Gasteiger partial charge on any atom is -0.464 e. The highest BCUT2D eigenvalue weighted by molar-refractivity contribution is 7.16. The van der Waals surface area contributed by atoms with Crippen LogP contribution in [0, 0.1) is 0 Å². The maximum absolute atomic E-state index is 5.96. The number of rotatable bonds is 4. The molecule has 98 valence electrons. The van der Waals surface area contributed by atoms with Crippen LogP contribution in [0.15, 0.2) is 47.1 Å². The summed E-state index contributed by atoms with van der Waals surface area (Å²) in [5.41, 5.74) is 4.81. The maximum atomic E-state index is 5.96. The van der Waals surface area contributed by atoms with E-state index in [1.54, 1.807) is 17.6 Å². The van der Waals surface area contributed by atoms with Crippen molar-refractivity contribution in [2.24, 2.45) is 5.84 Å². The number of fused-ring (bicyclic) bond motifs is 1. The number of benzene rings is 1. The summed E-state index contributed by atoms with van der Waals surface area (Å²) in [4.78, 5) is 1.19. The molecule has 0 amide bonds. The van der Waals surface area contributed by atoms with Crippen LogP contribution in [0.5, 0.6) is 0 Å². The van der Waals surface area contributed by atoms with Crippen LogP contribution in [0.4, 0.5) is 0 Å². The van der Waals surface area contributed by atoms with Crippen molar-refractivity contribution in [3.8, 4) is 0 Å². The van der Waals surface area contributed by atoms with Crippen LogP contribution in [0.1, 0.15) is 16.5 Å². The first kappa shape index (κ1) is 12.7. The fourth-order valence-corrected chi connectivity index (χ4v) is 3.32. The molecule has 0 aliphatic heterocycles. The molecule has 2 heterocycles. The van der Waals surface area contributed by atoms with Crippen molar-refractivity contribution in [2.75, 3.05) is 0 Å². The quantitative estimate of drug-likeness (QED) is 0.566. The number of furan rings is 1. The Kier molecular flexibility index (Phi) is 3.57. The number of nitrogens with one attached hydrogen (secondary N) is 1. The fourth-order valence-electron chi connectivity index (χ4n) is 2.19. The summed E-state index contributed by atoms with van der Waals surface area (Å²) in [6, 6.07) is 11.9. The average molecular weight is 293 g/mol. The highest BCUT2D eigenvalue weighted by atomic mass is 35.5. The lowest BCUT2D eigenvalue weighted by Gasteiger charge is -2.13. The van der Waals surface area contributed by atoms with Crippen molar-refractivity contribution < 1.29 is 4.42 Å². The van der Waals surface area contributed by atoms with Crippen molar-refractivity contribution in [1.29, 1.82) is 0 Å². The summed E-state index contributed by atoms with van der Waals surface area (Å²) in [6.07, 6.45) is 2.56. The topological polar surface area (TPSA) is 51.2 Å². The molecule has 0 fully saturated rings. The third-order valence-electron chi connectivity index (χ3n) is 3.12. The van der Waals surface area contributed by atoms with Crippen LogP contribution in [-0.4, -0.2) is 0 Å². The van der Waals surface area contributed by atoms with E-state index in [9.17, 15) is 0 Å². The molecule has 0 aliphatic rings. The normalized spacial score (nSPS) is 12.9. The molecule has 3 nitrogen and oxygen atoms in total. The van der Waals surface area contributed by atoms with E-state index in [-0.39, 0.29) is 6.04 Å². The van der Waals surface area contributed by atoms with Gasteiger partial charge in [0.2, 0.25) is 0 Å². The van der Waals surface area contributed by atoms with Crippen LogP contribution in [0.2, 0.25) is 4.34 Å². The molecular formula is C14H13ClN2OS. The molecule has 3 N–H and O–H groups in total. The van der Waals surface area contributed by atoms with Gasteiger partial charge < -0.3 is 4.42 Å². The number of hydrazine groups is 1. The Morgan fingerprint density at radius 3 is 2.84 bits per heavy atom. The van der Waals surface area contributed by atoms with Crippen LogP contribution in [0.3, 0.4) is 0 Å². The Balaban J connectivity index is 1.93. The first-order chi connectivity index (χ1) is 9.28. The SMILES string of the molecule is NNC(Cc1ccc(Cl)s1)c1coc2ccccc12. The standard InChI is InChI=1S/C14H13ClN2OS/c15-14-6-5-9(19-14)7-12(17-16)11-8-18-13-4-2-1-3-10(11)13/h1-6,8,12,17H,7,16H2. The van der Waals surface area contributed by atoms with Gasteiger partial charge in [-0.1, -0.05) is 29.8 Å². The zero-order valence-electron chi connectivity index (χ0n) is 10.1. The molecule has 1 atom stereocenters. The lowest BCUT2D eigenvalue weighted by molar-refractivity contribution is 0.539. The van der Waals surface area contributed by atoms with E-state index < -0.39 is 0 Å². The third kappa shape index (κ3) is 2.53. The van der Waals surface area contributed by atoms with Gasteiger partial charge in [0.15, 0.2) is 0 Å². The number of hydrogen-bond acceptors (Lipinski definition) is 4. The Bertz CT molecular complexity index is 691. The number of thiophene rings is 1. The van der Waals surface area contributed by atoms with Gasteiger partial charge in [-0.15, -0.1) is 11.3 Å². The van der Waals surface area contributed by atoms with E-state index in [0.717, 1.165) is 27.3 Å². The lowest BCUT2D eigenvalue weighted by atomic mass is 10.0. The Labute approximate surface area is 119 Å². The number of para-hydroxylation sites is 1. The third-order valence-corrected chi connectivity index (χ3v) is 4.38. The van der Waals surface area contributed by atoms with Crippen LogP contribution in [0.25, 0.3) is 11.0 Å². The second-order valence-corrected chi connectivity index (χ2v) is 6.12. The van der Waals surface area contributed by atoms with E-state index in [1.807, 2.05) is 36.4 Å². The molecule has 3 aromatic rings. The first-order valence-corrected chi connectivity index (χ1v) is 7.14. The molecule has 0 saturated carbocycles. The first-order valence-electron chi connectivity index (χ1n) is 5.94. The van der Waals surface area contributed by atoms with Gasteiger partial charge in [0.25, 0.3) is 0 Å². The van der Waals surface area contributed by atoms with E-state index in [2.05, 4.69) is 5.43 Å². The zero-order valence-corrected chi connectivity index (χ0v) is 11.7. The molecule has 1 aromatic carbocycles. The molecule has 0 spiro atoms. The second-order valence-electron chi connectivity index (χ2n) is 4.32. The molecule has 3 rings (SSSR count). The maximum Gasteiger partial charge on any atom is 0.134 e. The molecule has 0 bridgehead atoms. The number of nitrogens with two attached hydrogens (primary N) is 1. The van der Waals surface area contributed by atoms with Gasteiger partial charge in [0.05, 0.1) is 16.6 Å². The predicted octanol–water partition coefficient (Wildman–Crippen LogP) is 3.89. The summed E-state index contributed by atoms with van der Waals surface area (Å²) >= 11 is 7.53. The van der Waals surface area contributed by atoms with Gasteiger partial charge in [-0.05, 0) is 18.2 Å². The molecule has 2 aromatic heterocycles. The van der Waals surface area contributed by atoms with Crippen LogP contribution < -0.4 is 11.3 Å². The van der Waals surface area contributed by atoms with Crippen molar-refractivity contribution >= 4 is 33.9 Å². The second kappa shape index (κ2) is 5.35. The lowest BCUT2D eigenvalue weighted by Crippen LogP contribution is -2.29. The summed E-state index contributed by atoms with van der Waals surface area (Å²) in [5.74, 6) is 5.69. The average Bonchev–Trinajstić information content (AvgIpc) is 3.02. The predicted molar refractivity (Wildman–Crippen MR) is 79.3 cm³/mol. The van der Waals surface area contributed by atoms with Gasteiger partial charge >= 0.3 is 0 Å². The van der Waals surface area contributed by atoms with E-state index in [4.69, 9.17) is 21.9 Å². The molecular weight excluding hydrogens is 280 g/mol. The molecule has 5 heteroatoms. The van der Waals surface area contributed by atoms with Gasteiger partial charge in [-0.2, -0.15) is 0 Å². The smallest absolute Gasteiger partial charge is 0.134 e. The van der Waals surface area contributed by atoms with Gasteiger partial charge in [0.1, 0.15) is 5.58 Å². The molecule has 0 saturated heterocycles. The zero-order chi connectivity index (χ0) is 13.2. The largest absolute Gasteiger partial charge is 0.464 e. The molecule has 0 radical (unpaired) electrons. The van der Waals surface area contributed by atoms with E-state index in [1.165, 1.54) is 4.88 Å². The number of hydrogen-bond donors (Lipinski definition) is 2. The highest BCUT2D eigenvalue weighted by Gasteiger charge is 2.17. The van der Waals surface area contributed by atoms with Crippen molar-refractivity contribution in [1.82, 2.24) is 5.43 Å². The van der Waals surface area contributed by atoms with Crippen molar-refractivity contribution in [3.05, 3.63) is 57.4 Å². The van der Waals surface area contributed by atoms with Gasteiger partial charge in [-0.3, -0.25) is 11.3 Å². The summed E-state index contributed by atoms with van der Waals surface area (Å²) < 4.78 is 6.35. The Morgan fingerprint density at radius 2 is 2.11 bits per heavy atom. The molecule has 19 heavy (non-hydrogen) atoms. The molecule has 0 aliphatic carbocycles. The Hall–Kier alpha value is -1.33. The van der Waals surface area contributed by atoms with Gasteiger partial charge in [-0.25, -0.2) is 0 Å². The number of halogens is 1. The minimum atomic E-state index is 0.0124. The van der Waals surface area contributed by atoms with E-state index >= 15 is 0 Å². The summed E-state index contributed by atoms with van der Waals surface area (Å²) in [5, 5.41) is 1.09. The van der Waals surface area contributed by atoms with E-state index in [0.29, 0.717) is 0 Å². The van der Waals surface area contributed by atoms with Crippen LogP contribution in [-0.2, 0) is 6.42 Å². The fraction of sp³-hybridized carbons (Fsp3) is 0.143.